The van der Waals surface area contributed by atoms with Gasteiger partial charge in [0.05, 0.1) is 4.92 Å². The zero-order chi connectivity index (χ0) is 35.6. The van der Waals surface area contributed by atoms with Crippen LogP contribution in [0.15, 0.2) is 140 Å². The fraction of sp³-hybridized carbons (Fsp3) is 0.200. The lowest BCUT2D eigenvalue weighted by Gasteiger charge is -2.35. The third-order valence-corrected chi connectivity index (χ3v) is 7.77. The standard InChI is InChI=1S/C40H39N3O7/c1-39(2,3)49-38(45)41-36(27-29-21-25-35(26-22-29)48-28-30-19-23-34(24-20-30)43(46)47)37(44)42-50-40(31-13-7-4-8-14-31,32-15-9-5-10-16-32)33-17-11-6-12-18-33/h4-26,36H,27-28H2,1-3H3,(H,41,45)(H,42,44)/t36-/m0/s1. The van der Waals surface area contributed by atoms with Crippen LogP contribution in [-0.2, 0) is 33.0 Å². The number of hydrogen-bond donors (Lipinski definition) is 2. The Morgan fingerprint density at radius 1 is 0.700 bits per heavy atom. The van der Waals surface area contributed by atoms with Gasteiger partial charge in [0.2, 0.25) is 0 Å². The molecule has 0 unspecified atom stereocenters. The molecule has 5 aromatic rings. The van der Waals surface area contributed by atoms with Gasteiger partial charge in [-0.05, 0) is 72.9 Å². The van der Waals surface area contributed by atoms with Gasteiger partial charge in [0, 0.05) is 18.6 Å². The number of nitrogens with one attached hydrogen (secondary N) is 2. The summed E-state index contributed by atoms with van der Waals surface area (Å²) >= 11 is 0. The van der Waals surface area contributed by atoms with Crippen molar-refractivity contribution in [3.8, 4) is 5.75 Å². The summed E-state index contributed by atoms with van der Waals surface area (Å²) in [5.74, 6) is -0.0172. The van der Waals surface area contributed by atoms with E-state index in [1.165, 1.54) is 12.1 Å². The number of nitrogens with zero attached hydrogens (tertiary/aromatic N) is 1. The van der Waals surface area contributed by atoms with E-state index in [9.17, 15) is 19.7 Å². The molecule has 1 atom stereocenters. The second-order valence-electron chi connectivity index (χ2n) is 12.6. The molecule has 5 rings (SSSR count). The molecule has 2 N–H and O–H groups in total. The highest BCUT2D eigenvalue weighted by atomic mass is 16.7. The molecule has 0 bridgehead atoms. The summed E-state index contributed by atoms with van der Waals surface area (Å²) in [6.07, 6.45) is -0.632. The number of carbonyl (C=O) groups excluding carboxylic acids is 2. The van der Waals surface area contributed by atoms with Gasteiger partial charge in [-0.15, -0.1) is 0 Å². The number of ether oxygens (including phenoxy) is 2. The Morgan fingerprint density at radius 2 is 1.18 bits per heavy atom. The molecule has 0 spiro atoms. The van der Waals surface area contributed by atoms with Gasteiger partial charge < -0.3 is 14.8 Å². The maximum atomic E-state index is 14.0. The van der Waals surface area contributed by atoms with Gasteiger partial charge in [0.25, 0.3) is 11.6 Å². The van der Waals surface area contributed by atoms with Crippen molar-refractivity contribution >= 4 is 17.7 Å². The van der Waals surface area contributed by atoms with Crippen molar-refractivity contribution in [2.24, 2.45) is 0 Å². The van der Waals surface area contributed by atoms with E-state index < -0.39 is 34.2 Å². The highest BCUT2D eigenvalue weighted by Crippen LogP contribution is 2.39. The SMILES string of the molecule is CC(C)(C)OC(=O)N[C@@H](Cc1ccc(OCc2ccc([N+](=O)[O-])cc2)cc1)C(=O)NOC(c1ccccc1)(c1ccccc1)c1ccccc1. The van der Waals surface area contributed by atoms with Crippen molar-refractivity contribution in [2.45, 2.75) is 51.0 Å². The molecule has 0 aliphatic heterocycles. The van der Waals surface area contributed by atoms with E-state index in [0.29, 0.717) is 5.75 Å². The number of benzene rings is 5. The maximum absolute atomic E-state index is 14.0. The molecule has 0 aliphatic rings. The van der Waals surface area contributed by atoms with E-state index in [-0.39, 0.29) is 18.7 Å². The second kappa shape index (κ2) is 15.9. The molecular weight excluding hydrogens is 634 g/mol. The average Bonchev–Trinajstić information content (AvgIpc) is 3.12. The summed E-state index contributed by atoms with van der Waals surface area (Å²) in [6, 6.07) is 41.0. The van der Waals surface area contributed by atoms with Crippen molar-refractivity contribution in [3.63, 3.8) is 0 Å². The van der Waals surface area contributed by atoms with Crippen LogP contribution in [0.2, 0.25) is 0 Å². The molecular formula is C40H39N3O7. The number of non-ortho nitro benzene ring substituents is 1. The summed E-state index contributed by atoms with van der Waals surface area (Å²) in [4.78, 5) is 44.0. The zero-order valence-electron chi connectivity index (χ0n) is 28.1. The summed E-state index contributed by atoms with van der Waals surface area (Å²) in [5.41, 5.74) is 4.58. The number of rotatable bonds is 13. The van der Waals surface area contributed by atoms with E-state index in [0.717, 1.165) is 27.8 Å². The Kier molecular flexibility index (Phi) is 11.3. The molecule has 0 aliphatic carbocycles. The topological polar surface area (TPSA) is 129 Å². The highest BCUT2D eigenvalue weighted by molar-refractivity contribution is 5.85. The van der Waals surface area contributed by atoms with E-state index in [4.69, 9.17) is 14.3 Å². The maximum Gasteiger partial charge on any atom is 0.408 e. The number of alkyl carbamates (subject to hydrolysis) is 1. The lowest BCUT2D eigenvalue weighted by atomic mass is 9.80. The smallest absolute Gasteiger partial charge is 0.408 e. The van der Waals surface area contributed by atoms with Crippen LogP contribution in [0, 0.1) is 10.1 Å². The van der Waals surface area contributed by atoms with Crippen molar-refractivity contribution in [2.75, 3.05) is 0 Å². The van der Waals surface area contributed by atoms with Gasteiger partial charge in [-0.25, -0.2) is 10.3 Å². The van der Waals surface area contributed by atoms with Crippen molar-refractivity contribution in [1.82, 2.24) is 10.8 Å². The van der Waals surface area contributed by atoms with Crippen LogP contribution < -0.4 is 15.5 Å². The lowest BCUT2D eigenvalue weighted by molar-refractivity contribution is -0.384. The van der Waals surface area contributed by atoms with Crippen LogP contribution >= 0.6 is 0 Å². The van der Waals surface area contributed by atoms with Crippen molar-refractivity contribution in [3.05, 3.63) is 177 Å². The second-order valence-corrected chi connectivity index (χ2v) is 12.6. The molecule has 0 aromatic heterocycles. The number of carbonyl (C=O) groups is 2. The molecule has 0 heterocycles. The van der Waals surface area contributed by atoms with Crippen LogP contribution in [0.5, 0.6) is 5.75 Å². The molecule has 0 fully saturated rings. The first-order valence-electron chi connectivity index (χ1n) is 16.1. The van der Waals surface area contributed by atoms with Gasteiger partial charge in [0.15, 0.2) is 5.60 Å². The van der Waals surface area contributed by atoms with Crippen LogP contribution in [0.25, 0.3) is 0 Å². The summed E-state index contributed by atoms with van der Waals surface area (Å²) in [7, 11) is 0. The van der Waals surface area contributed by atoms with E-state index in [2.05, 4.69) is 10.8 Å². The first-order chi connectivity index (χ1) is 24.0. The fourth-order valence-electron chi connectivity index (χ4n) is 5.39. The van der Waals surface area contributed by atoms with Crippen molar-refractivity contribution < 1.29 is 28.8 Å². The summed E-state index contributed by atoms with van der Waals surface area (Å²) in [6.45, 7) is 5.45. The molecule has 256 valence electrons. The highest BCUT2D eigenvalue weighted by Gasteiger charge is 2.40. The minimum Gasteiger partial charge on any atom is -0.489 e. The van der Waals surface area contributed by atoms with Gasteiger partial charge in [0.1, 0.15) is 24.0 Å². The fourth-order valence-corrected chi connectivity index (χ4v) is 5.39. The van der Waals surface area contributed by atoms with Crippen molar-refractivity contribution in [1.29, 1.82) is 0 Å². The number of nitro benzene ring substituents is 1. The molecule has 0 radical (unpaired) electrons. The molecule has 2 amide bonds. The first kappa shape index (κ1) is 35.3. The third kappa shape index (κ3) is 9.12. The van der Waals surface area contributed by atoms with E-state index in [1.807, 2.05) is 91.0 Å². The summed E-state index contributed by atoms with van der Waals surface area (Å²) < 4.78 is 11.4. The number of hydroxylamine groups is 1. The molecule has 0 saturated carbocycles. The zero-order valence-corrected chi connectivity index (χ0v) is 28.1. The Morgan fingerprint density at radius 3 is 1.64 bits per heavy atom. The van der Waals surface area contributed by atoms with Crippen LogP contribution in [0.3, 0.4) is 0 Å². The molecule has 50 heavy (non-hydrogen) atoms. The predicted molar refractivity (Wildman–Crippen MR) is 189 cm³/mol. The van der Waals surface area contributed by atoms with Gasteiger partial charge in [-0.1, -0.05) is 103 Å². The van der Waals surface area contributed by atoms with E-state index in [1.54, 1.807) is 57.2 Å². The molecule has 5 aromatic carbocycles. The third-order valence-electron chi connectivity index (χ3n) is 7.77. The number of nitro groups is 1. The van der Waals surface area contributed by atoms with Gasteiger partial charge in [-0.2, -0.15) is 0 Å². The largest absolute Gasteiger partial charge is 0.489 e. The minimum absolute atomic E-state index is 0.00738. The number of hydrogen-bond acceptors (Lipinski definition) is 7. The summed E-state index contributed by atoms with van der Waals surface area (Å²) in [5, 5.41) is 13.7. The monoisotopic (exact) mass is 673 g/mol. The normalized spacial score (nSPS) is 12.0. The van der Waals surface area contributed by atoms with Gasteiger partial charge in [-0.3, -0.25) is 19.7 Å². The Hall–Kier alpha value is -6.00. The minimum atomic E-state index is -1.22. The molecule has 10 nitrogen and oxygen atoms in total. The Balaban J connectivity index is 1.37. The lowest BCUT2D eigenvalue weighted by Crippen LogP contribution is -2.51. The van der Waals surface area contributed by atoms with E-state index >= 15 is 0 Å². The Bertz CT molecular complexity index is 1760. The van der Waals surface area contributed by atoms with Crippen LogP contribution in [0.1, 0.15) is 48.6 Å². The van der Waals surface area contributed by atoms with Gasteiger partial charge >= 0.3 is 6.09 Å². The van der Waals surface area contributed by atoms with Crippen LogP contribution in [-0.4, -0.2) is 28.6 Å². The predicted octanol–water partition coefficient (Wildman–Crippen LogP) is 7.65. The Labute approximate surface area is 291 Å². The quantitative estimate of drug-likeness (QED) is 0.0746. The average molecular weight is 674 g/mol. The van der Waals surface area contributed by atoms with Crippen LogP contribution in [0.4, 0.5) is 10.5 Å². The molecule has 10 heteroatoms. The first-order valence-corrected chi connectivity index (χ1v) is 16.1. The number of amides is 2. The molecule has 0 saturated heterocycles.